The fourth-order valence-corrected chi connectivity index (χ4v) is 3.38. The molecule has 1 atom stereocenters. The first-order chi connectivity index (χ1) is 14.0. The summed E-state index contributed by atoms with van der Waals surface area (Å²) in [5, 5.41) is 0. The number of rotatable bonds is 9. The van der Waals surface area contributed by atoms with E-state index in [1.807, 2.05) is 0 Å². The molecule has 3 rings (SSSR count). The lowest BCUT2D eigenvalue weighted by molar-refractivity contribution is -0.118. The minimum absolute atomic E-state index is 0.190. The maximum Gasteiger partial charge on any atom is 0.262 e. The first-order valence-corrected chi connectivity index (χ1v) is 9.53. The van der Waals surface area contributed by atoms with E-state index in [9.17, 15) is 14.4 Å². The topological polar surface area (TPSA) is 98.9 Å². The molecule has 0 bridgehead atoms. The molecule has 29 heavy (non-hydrogen) atoms. The number of fused-ring (bicyclic) bond motifs is 1. The SMILES string of the molecule is CCCCOc1ccc(C(CC(N)=O)N2C(=O)c3ccccc3C2=O)cc1OC. The summed E-state index contributed by atoms with van der Waals surface area (Å²) in [7, 11) is 1.51. The number of ether oxygens (including phenoxy) is 2. The highest BCUT2D eigenvalue weighted by Gasteiger charge is 2.41. The average molecular weight is 396 g/mol. The smallest absolute Gasteiger partial charge is 0.262 e. The number of nitrogens with zero attached hydrogens (tertiary/aromatic N) is 1. The Morgan fingerprint density at radius 1 is 1.07 bits per heavy atom. The third-order valence-corrected chi connectivity index (χ3v) is 4.86. The minimum Gasteiger partial charge on any atom is -0.493 e. The number of methoxy groups -OCH3 is 1. The number of imide groups is 1. The molecule has 1 aliphatic rings. The number of amides is 3. The molecule has 0 aliphatic carbocycles. The van der Waals surface area contributed by atoms with Gasteiger partial charge in [0.15, 0.2) is 11.5 Å². The lowest BCUT2D eigenvalue weighted by atomic mass is 10.0. The van der Waals surface area contributed by atoms with E-state index in [0.717, 1.165) is 17.7 Å². The molecular weight excluding hydrogens is 372 g/mol. The number of unbranched alkanes of at least 4 members (excludes halogenated alkanes) is 1. The molecule has 152 valence electrons. The van der Waals surface area contributed by atoms with Gasteiger partial charge in [-0.1, -0.05) is 31.5 Å². The van der Waals surface area contributed by atoms with Crippen LogP contribution in [0.1, 0.15) is 58.5 Å². The third kappa shape index (κ3) is 4.08. The Balaban J connectivity index is 1.97. The molecule has 1 heterocycles. The molecule has 7 heteroatoms. The van der Waals surface area contributed by atoms with Crippen LogP contribution in [0.15, 0.2) is 42.5 Å². The average Bonchev–Trinajstić information content (AvgIpc) is 2.97. The van der Waals surface area contributed by atoms with Gasteiger partial charge >= 0.3 is 0 Å². The summed E-state index contributed by atoms with van der Waals surface area (Å²) in [4.78, 5) is 38.6. The molecule has 1 aliphatic heterocycles. The zero-order valence-electron chi connectivity index (χ0n) is 16.5. The number of nitrogens with two attached hydrogens (primary N) is 1. The fraction of sp³-hybridized carbons (Fsp3) is 0.318. The first kappa shape index (κ1) is 20.4. The Bertz CT molecular complexity index is 906. The van der Waals surface area contributed by atoms with Crippen LogP contribution in [0.3, 0.4) is 0 Å². The van der Waals surface area contributed by atoms with E-state index in [4.69, 9.17) is 15.2 Å². The summed E-state index contributed by atoms with van der Waals surface area (Å²) >= 11 is 0. The van der Waals surface area contributed by atoms with Crippen LogP contribution >= 0.6 is 0 Å². The first-order valence-electron chi connectivity index (χ1n) is 9.53. The Hall–Kier alpha value is -3.35. The standard InChI is InChI=1S/C22H24N2O5/c1-3-4-11-29-18-10-9-14(12-19(18)28-2)17(13-20(23)25)24-21(26)15-7-5-6-8-16(15)22(24)27/h5-10,12,17H,3-4,11,13H2,1-2H3,(H2,23,25). The highest BCUT2D eigenvalue weighted by molar-refractivity contribution is 6.21. The van der Waals surface area contributed by atoms with Crippen LogP contribution in [0.2, 0.25) is 0 Å². The molecule has 3 amide bonds. The maximum absolute atomic E-state index is 12.9. The van der Waals surface area contributed by atoms with Gasteiger partial charge in [-0.15, -0.1) is 0 Å². The highest BCUT2D eigenvalue weighted by atomic mass is 16.5. The molecule has 0 radical (unpaired) electrons. The second-order valence-electron chi connectivity index (χ2n) is 6.82. The number of carbonyl (C=O) groups is 3. The van der Waals surface area contributed by atoms with Crippen molar-refractivity contribution in [2.24, 2.45) is 5.73 Å². The van der Waals surface area contributed by atoms with E-state index in [0.29, 0.717) is 34.8 Å². The largest absolute Gasteiger partial charge is 0.493 e. The number of hydrogen-bond acceptors (Lipinski definition) is 5. The number of primary amides is 1. The van der Waals surface area contributed by atoms with Crippen molar-refractivity contribution in [2.75, 3.05) is 13.7 Å². The van der Waals surface area contributed by atoms with Crippen LogP contribution in [-0.4, -0.2) is 36.3 Å². The van der Waals surface area contributed by atoms with E-state index in [-0.39, 0.29) is 6.42 Å². The Kier molecular flexibility index (Phi) is 6.16. The number of carbonyl (C=O) groups excluding carboxylic acids is 3. The fourth-order valence-electron chi connectivity index (χ4n) is 3.38. The summed E-state index contributed by atoms with van der Waals surface area (Å²) < 4.78 is 11.2. The summed E-state index contributed by atoms with van der Waals surface area (Å²) in [6.45, 7) is 2.62. The Morgan fingerprint density at radius 2 is 1.72 bits per heavy atom. The van der Waals surface area contributed by atoms with Crippen molar-refractivity contribution in [2.45, 2.75) is 32.2 Å². The highest BCUT2D eigenvalue weighted by Crippen LogP contribution is 2.37. The summed E-state index contributed by atoms with van der Waals surface area (Å²) in [5.74, 6) is -0.485. The molecule has 0 saturated heterocycles. The van der Waals surface area contributed by atoms with Gasteiger partial charge in [0.1, 0.15) is 0 Å². The van der Waals surface area contributed by atoms with Gasteiger partial charge in [-0.2, -0.15) is 0 Å². The van der Waals surface area contributed by atoms with E-state index in [1.54, 1.807) is 42.5 Å². The van der Waals surface area contributed by atoms with Crippen molar-refractivity contribution in [3.63, 3.8) is 0 Å². The molecule has 1 unspecified atom stereocenters. The van der Waals surface area contributed by atoms with Crippen molar-refractivity contribution >= 4 is 17.7 Å². The molecule has 0 saturated carbocycles. The van der Waals surface area contributed by atoms with Crippen LogP contribution in [0, 0.1) is 0 Å². The zero-order valence-corrected chi connectivity index (χ0v) is 16.5. The molecule has 0 spiro atoms. The van der Waals surface area contributed by atoms with Gasteiger partial charge < -0.3 is 15.2 Å². The van der Waals surface area contributed by atoms with E-state index < -0.39 is 23.8 Å². The minimum atomic E-state index is -0.835. The van der Waals surface area contributed by atoms with E-state index in [2.05, 4.69) is 6.92 Å². The second kappa shape index (κ2) is 8.77. The summed E-state index contributed by atoms with van der Waals surface area (Å²) in [6, 6.07) is 10.9. The van der Waals surface area contributed by atoms with Gasteiger partial charge in [0.05, 0.1) is 37.3 Å². The molecule has 0 aromatic heterocycles. The third-order valence-electron chi connectivity index (χ3n) is 4.86. The van der Waals surface area contributed by atoms with Gasteiger partial charge in [0, 0.05) is 0 Å². The summed E-state index contributed by atoms with van der Waals surface area (Å²) in [5.41, 5.74) is 6.64. The van der Waals surface area contributed by atoms with Crippen LogP contribution in [0.25, 0.3) is 0 Å². The van der Waals surface area contributed by atoms with Gasteiger partial charge in [0.25, 0.3) is 11.8 Å². The lowest BCUT2D eigenvalue weighted by Gasteiger charge is -2.26. The molecular formula is C22H24N2O5. The zero-order chi connectivity index (χ0) is 21.0. The maximum atomic E-state index is 12.9. The Labute approximate surface area is 169 Å². The van der Waals surface area contributed by atoms with Gasteiger partial charge in [0.2, 0.25) is 5.91 Å². The van der Waals surface area contributed by atoms with Crippen molar-refractivity contribution in [1.29, 1.82) is 0 Å². The predicted octanol–water partition coefficient (Wildman–Crippen LogP) is 3.09. The number of benzene rings is 2. The molecule has 7 nitrogen and oxygen atoms in total. The summed E-state index contributed by atoms with van der Waals surface area (Å²) in [6.07, 6.45) is 1.72. The van der Waals surface area contributed by atoms with Crippen LogP contribution in [-0.2, 0) is 4.79 Å². The molecule has 2 aromatic carbocycles. The van der Waals surface area contributed by atoms with Gasteiger partial charge in [-0.25, -0.2) is 0 Å². The van der Waals surface area contributed by atoms with Crippen molar-refractivity contribution in [1.82, 2.24) is 4.90 Å². The van der Waals surface area contributed by atoms with Crippen LogP contribution in [0.5, 0.6) is 11.5 Å². The van der Waals surface area contributed by atoms with Crippen molar-refractivity contribution < 1.29 is 23.9 Å². The van der Waals surface area contributed by atoms with Crippen LogP contribution in [0.4, 0.5) is 0 Å². The molecule has 2 N–H and O–H groups in total. The molecule has 2 aromatic rings. The van der Waals surface area contributed by atoms with Gasteiger partial charge in [-0.3, -0.25) is 19.3 Å². The second-order valence-corrected chi connectivity index (χ2v) is 6.82. The predicted molar refractivity (Wildman–Crippen MR) is 107 cm³/mol. The van der Waals surface area contributed by atoms with E-state index in [1.165, 1.54) is 7.11 Å². The number of hydrogen-bond donors (Lipinski definition) is 1. The molecule has 0 fully saturated rings. The monoisotopic (exact) mass is 396 g/mol. The van der Waals surface area contributed by atoms with E-state index >= 15 is 0 Å². The quantitative estimate of drug-likeness (QED) is 0.519. The normalized spacial score (nSPS) is 13.9. The van der Waals surface area contributed by atoms with Crippen molar-refractivity contribution in [3.05, 3.63) is 59.2 Å². The lowest BCUT2D eigenvalue weighted by Crippen LogP contribution is -2.36. The van der Waals surface area contributed by atoms with Crippen molar-refractivity contribution in [3.8, 4) is 11.5 Å². The Morgan fingerprint density at radius 3 is 2.28 bits per heavy atom. The van der Waals surface area contributed by atoms with Gasteiger partial charge in [-0.05, 0) is 36.2 Å². The van der Waals surface area contributed by atoms with Crippen LogP contribution < -0.4 is 15.2 Å².